The maximum Gasteiger partial charge on any atom is 0.154 e. The van der Waals surface area contributed by atoms with E-state index < -0.39 is 5.54 Å². The summed E-state index contributed by atoms with van der Waals surface area (Å²) < 4.78 is 5.40. The van der Waals surface area contributed by atoms with Crippen molar-refractivity contribution in [3.05, 3.63) is 47.4 Å². The Hall–Kier alpha value is -1.28. The summed E-state index contributed by atoms with van der Waals surface area (Å²) in [6, 6.07) is 12.5. The van der Waals surface area contributed by atoms with E-state index in [4.69, 9.17) is 4.74 Å². The van der Waals surface area contributed by atoms with Crippen LogP contribution in [-0.4, -0.2) is 37.5 Å². The molecule has 1 heterocycles. The van der Waals surface area contributed by atoms with Gasteiger partial charge in [-0.25, -0.2) is 0 Å². The average molecular weight is 274 g/mol. The third kappa shape index (κ3) is 3.01. The molecule has 0 radical (unpaired) electrons. The van der Waals surface area contributed by atoms with Crippen molar-refractivity contribution in [2.24, 2.45) is 0 Å². The fourth-order valence-corrected chi connectivity index (χ4v) is 2.66. The summed E-state index contributed by atoms with van der Waals surface area (Å²) in [7, 11) is 0. The molecule has 1 atom stereocenters. The fourth-order valence-electron chi connectivity index (χ4n) is 2.33. The summed E-state index contributed by atoms with van der Waals surface area (Å²) in [5, 5.41) is 11.8. The van der Waals surface area contributed by atoms with Crippen LogP contribution in [0.5, 0.6) is 0 Å². The van der Waals surface area contributed by atoms with Gasteiger partial charge in [-0.3, -0.25) is 4.90 Å². The Morgan fingerprint density at radius 3 is 2.58 bits per heavy atom. The topological polar surface area (TPSA) is 36.3 Å². The Labute approximate surface area is 118 Å². The highest BCUT2D eigenvalue weighted by Gasteiger charge is 2.37. The van der Waals surface area contributed by atoms with Crippen LogP contribution in [0.15, 0.2) is 41.8 Å². The zero-order chi connectivity index (χ0) is 13.6. The minimum atomic E-state index is -0.686. The number of ether oxygens (including phenoxy) is 1. The lowest BCUT2D eigenvalue weighted by molar-refractivity contribution is 0.00860. The zero-order valence-corrected chi connectivity index (χ0v) is 11.9. The summed E-state index contributed by atoms with van der Waals surface area (Å²) in [5.74, 6) is 0. The van der Waals surface area contributed by atoms with Gasteiger partial charge in [-0.15, -0.1) is 11.8 Å². The van der Waals surface area contributed by atoms with Crippen molar-refractivity contribution in [3.8, 4) is 6.07 Å². The third-order valence-corrected chi connectivity index (χ3v) is 3.75. The standard InChI is InChI=1S/C15H18N2OS/c1-19-12-7-15(13-16,14-5-3-2-4-6-14)17-8-10-18-11-9-17/h2-7,12H,8-11H2,1H3/b12-7+. The molecule has 1 saturated heterocycles. The SMILES string of the molecule is CS/C=C/C(C#N)(c1ccccc1)N1CCOCC1. The Morgan fingerprint density at radius 1 is 1.32 bits per heavy atom. The molecule has 2 rings (SSSR count). The molecule has 100 valence electrons. The number of hydrogen-bond donors (Lipinski definition) is 0. The first-order valence-electron chi connectivity index (χ1n) is 6.33. The van der Waals surface area contributed by atoms with Crippen molar-refractivity contribution in [2.75, 3.05) is 32.6 Å². The van der Waals surface area contributed by atoms with Crippen molar-refractivity contribution < 1.29 is 4.74 Å². The largest absolute Gasteiger partial charge is 0.379 e. The molecule has 1 fully saturated rings. The van der Waals surface area contributed by atoms with E-state index in [0.717, 1.165) is 18.7 Å². The van der Waals surface area contributed by atoms with Gasteiger partial charge in [-0.1, -0.05) is 30.3 Å². The van der Waals surface area contributed by atoms with Gasteiger partial charge in [0.05, 0.1) is 19.3 Å². The summed E-state index contributed by atoms with van der Waals surface area (Å²) in [5.41, 5.74) is 0.332. The lowest BCUT2D eigenvalue weighted by Gasteiger charge is -2.39. The summed E-state index contributed by atoms with van der Waals surface area (Å²) in [6.07, 6.45) is 4.00. The van der Waals surface area contributed by atoms with E-state index in [1.807, 2.05) is 48.1 Å². The minimum absolute atomic E-state index is 0.684. The van der Waals surface area contributed by atoms with Gasteiger partial charge in [0.25, 0.3) is 0 Å². The molecule has 3 nitrogen and oxygen atoms in total. The predicted molar refractivity (Wildman–Crippen MR) is 78.8 cm³/mol. The summed E-state index contributed by atoms with van der Waals surface area (Å²) in [6.45, 7) is 2.93. The van der Waals surface area contributed by atoms with Gasteiger partial charge in [0, 0.05) is 13.1 Å². The maximum atomic E-state index is 9.82. The van der Waals surface area contributed by atoms with E-state index in [0.29, 0.717) is 13.2 Å². The average Bonchev–Trinajstić information content (AvgIpc) is 2.51. The van der Waals surface area contributed by atoms with Crippen LogP contribution in [-0.2, 0) is 10.3 Å². The predicted octanol–water partition coefficient (Wildman–Crippen LogP) is 2.61. The van der Waals surface area contributed by atoms with Crippen LogP contribution < -0.4 is 0 Å². The monoisotopic (exact) mass is 274 g/mol. The lowest BCUT2D eigenvalue weighted by atomic mass is 9.89. The second kappa shape index (κ2) is 6.76. The van der Waals surface area contributed by atoms with Gasteiger partial charge in [0.15, 0.2) is 5.54 Å². The smallest absolute Gasteiger partial charge is 0.154 e. The summed E-state index contributed by atoms with van der Waals surface area (Å²) >= 11 is 1.61. The van der Waals surface area contributed by atoms with E-state index in [1.165, 1.54) is 0 Å². The lowest BCUT2D eigenvalue weighted by Crippen LogP contribution is -2.49. The molecule has 0 spiro atoms. The van der Waals surface area contributed by atoms with Crippen LogP contribution in [0.4, 0.5) is 0 Å². The molecule has 19 heavy (non-hydrogen) atoms. The molecular weight excluding hydrogens is 256 g/mol. The highest BCUT2D eigenvalue weighted by Crippen LogP contribution is 2.31. The van der Waals surface area contributed by atoms with Crippen LogP contribution in [0.25, 0.3) is 0 Å². The number of hydrogen-bond acceptors (Lipinski definition) is 4. The Balaban J connectivity index is 2.42. The number of rotatable bonds is 4. The van der Waals surface area contributed by atoms with Gasteiger partial charge in [-0.05, 0) is 23.3 Å². The van der Waals surface area contributed by atoms with Gasteiger partial charge < -0.3 is 4.74 Å². The molecule has 1 unspecified atom stereocenters. The first-order valence-corrected chi connectivity index (χ1v) is 7.62. The van der Waals surface area contributed by atoms with Gasteiger partial charge >= 0.3 is 0 Å². The second-order valence-electron chi connectivity index (χ2n) is 4.38. The first kappa shape index (κ1) is 14.1. The Bertz CT molecular complexity index is 463. The van der Waals surface area contributed by atoms with Crippen LogP contribution >= 0.6 is 11.8 Å². The van der Waals surface area contributed by atoms with Gasteiger partial charge in [-0.2, -0.15) is 5.26 Å². The Morgan fingerprint density at radius 2 is 2.00 bits per heavy atom. The second-order valence-corrected chi connectivity index (χ2v) is 5.13. The van der Waals surface area contributed by atoms with E-state index in [2.05, 4.69) is 11.0 Å². The molecule has 0 amide bonds. The number of nitriles is 1. The van der Waals surface area contributed by atoms with E-state index in [9.17, 15) is 5.26 Å². The number of morpholine rings is 1. The molecule has 4 heteroatoms. The molecule has 0 aromatic heterocycles. The molecule has 1 aliphatic rings. The quantitative estimate of drug-likeness (QED) is 0.845. The number of thioether (sulfide) groups is 1. The molecular formula is C15H18N2OS. The number of benzene rings is 1. The van der Waals surface area contributed by atoms with E-state index in [1.54, 1.807) is 11.8 Å². The minimum Gasteiger partial charge on any atom is -0.379 e. The van der Waals surface area contributed by atoms with Crippen LogP contribution in [0.3, 0.4) is 0 Å². The maximum absolute atomic E-state index is 9.82. The highest BCUT2D eigenvalue weighted by molar-refractivity contribution is 8.01. The fraction of sp³-hybridized carbons (Fsp3) is 0.400. The van der Waals surface area contributed by atoms with Crippen LogP contribution in [0.1, 0.15) is 5.56 Å². The first-order chi connectivity index (χ1) is 9.33. The molecule has 1 aromatic carbocycles. The van der Waals surface area contributed by atoms with Crippen molar-refractivity contribution in [1.29, 1.82) is 5.26 Å². The molecule has 0 saturated carbocycles. The van der Waals surface area contributed by atoms with Gasteiger partial charge in [0.1, 0.15) is 0 Å². The summed E-state index contributed by atoms with van der Waals surface area (Å²) in [4.78, 5) is 2.19. The van der Waals surface area contributed by atoms with Crippen molar-refractivity contribution in [2.45, 2.75) is 5.54 Å². The Kier molecular flexibility index (Phi) is 5.03. The molecule has 1 aromatic rings. The number of nitrogens with zero attached hydrogens (tertiary/aromatic N) is 2. The van der Waals surface area contributed by atoms with Crippen molar-refractivity contribution >= 4 is 11.8 Å². The normalized spacial score (nSPS) is 20.0. The van der Waals surface area contributed by atoms with Crippen LogP contribution in [0, 0.1) is 11.3 Å². The molecule has 0 bridgehead atoms. The van der Waals surface area contributed by atoms with Gasteiger partial charge in [0.2, 0.25) is 0 Å². The van der Waals surface area contributed by atoms with Crippen molar-refractivity contribution in [1.82, 2.24) is 4.90 Å². The molecule has 0 N–H and O–H groups in total. The van der Waals surface area contributed by atoms with Crippen molar-refractivity contribution in [3.63, 3.8) is 0 Å². The zero-order valence-electron chi connectivity index (χ0n) is 11.1. The molecule has 0 aliphatic carbocycles. The van der Waals surface area contributed by atoms with Crippen LogP contribution in [0.2, 0.25) is 0 Å². The molecule has 1 aliphatic heterocycles. The highest BCUT2D eigenvalue weighted by atomic mass is 32.2. The third-order valence-electron chi connectivity index (χ3n) is 3.34. The van der Waals surface area contributed by atoms with E-state index in [-0.39, 0.29) is 0 Å². The van der Waals surface area contributed by atoms with E-state index >= 15 is 0 Å².